The molecule has 0 radical (unpaired) electrons. The van der Waals surface area contributed by atoms with Crippen molar-refractivity contribution < 1.29 is 4.92 Å². The molecule has 0 saturated carbocycles. The summed E-state index contributed by atoms with van der Waals surface area (Å²) in [5.74, 6) is 0.284. The zero-order valence-corrected chi connectivity index (χ0v) is 9.06. The molecule has 0 bridgehead atoms. The molecular formula is C11H16N2O2. The van der Waals surface area contributed by atoms with E-state index >= 15 is 0 Å². The Hall–Kier alpha value is -1.42. The molecule has 0 fully saturated rings. The molecule has 0 aromatic heterocycles. The first-order valence-electron chi connectivity index (χ1n) is 5.04. The molecule has 0 spiro atoms. The second-order valence-corrected chi connectivity index (χ2v) is 3.80. The van der Waals surface area contributed by atoms with Crippen molar-refractivity contribution in [2.24, 2.45) is 5.73 Å². The van der Waals surface area contributed by atoms with Crippen molar-refractivity contribution in [3.8, 4) is 0 Å². The quantitative estimate of drug-likeness (QED) is 0.609. The van der Waals surface area contributed by atoms with Gasteiger partial charge in [0.15, 0.2) is 0 Å². The lowest BCUT2D eigenvalue weighted by Gasteiger charge is -2.11. The molecule has 2 N–H and O–H groups in total. The van der Waals surface area contributed by atoms with Crippen molar-refractivity contribution in [1.29, 1.82) is 0 Å². The second-order valence-electron chi connectivity index (χ2n) is 3.80. The van der Waals surface area contributed by atoms with Crippen LogP contribution in [-0.4, -0.2) is 11.5 Å². The first-order valence-corrected chi connectivity index (χ1v) is 5.04. The van der Waals surface area contributed by atoms with E-state index in [2.05, 4.69) is 0 Å². The summed E-state index contributed by atoms with van der Waals surface area (Å²) in [5.41, 5.74) is 7.46. The van der Waals surface area contributed by atoms with Gasteiger partial charge in [0, 0.05) is 11.6 Å². The molecule has 0 aliphatic rings. The Morgan fingerprint density at radius 3 is 2.60 bits per heavy atom. The average molecular weight is 208 g/mol. The van der Waals surface area contributed by atoms with Gasteiger partial charge < -0.3 is 5.73 Å². The molecule has 1 aromatic rings. The van der Waals surface area contributed by atoms with Gasteiger partial charge in [0.1, 0.15) is 0 Å². The molecular weight excluding hydrogens is 192 g/mol. The van der Waals surface area contributed by atoms with Crippen LogP contribution < -0.4 is 5.73 Å². The Kier molecular flexibility index (Phi) is 3.80. The van der Waals surface area contributed by atoms with Gasteiger partial charge in [-0.1, -0.05) is 26.0 Å². The summed E-state index contributed by atoms with van der Waals surface area (Å²) in [5, 5.41) is 10.8. The summed E-state index contributed by atoms with van der Waals surface area (Å²) in [6.07, 6.45) is 0.560. The molecule has 0 atom stereocenters. The number of rotatable bonds is 4. The van der Waals surface area contributed by atoms with Crippen molar-refractivity contribution in [3.63, 3.8) is 0 Å². The number of hydrogen-bond acceptors (Lipinski definition) is 3. The molecule has 15 heavy (non-hydrogen) atoms. The molecule has 0 heterocycles. The van der Waals surface area contributed by atoms with Crippen molar-refractivity contribution in [3.05, 3.63) is 39.4 Å². The summed E-state index contributed by atoms with van der Waals surface area (Å²) in [7, 11) is 0. The summed E-state index contributed by atoms with van der Waals surface area (Å²) in [6, 6.07) is 5.20. The van der Waals surface area contributed by atoms with E-state index in [9.17, 15) is 10.1 Å². The molecule has 0 saturated heterocycles. The Bertz CT molecular complexity index is 362. The van der Waals surface area contributed by atoms with Crippen molar-refractivity contribution in [1.82, 2.24) is 0 Å². The monoisotopic (exact) mass is 208 g/mol. The van der Waals surface area contributed by atoms with E-state index in [1.807, 2.05) is 19.9 Å². The third-order valence-corrected chi connectivity index (χ3v) is 2.40. The molecule has 4 nitrogen and oxygen atoms in total. The number of nitrogens with zero attached hydrogens (tertiary/aromatic N) is 1. The Morgan fingerprint density at radius 1 is 1.47 bits per heavy atom. The van der Waals surface area contributed by atoms with Gasteiger partial charge in [-0.3, -0.25) is 10.1 Å². The van der Waals surface area contributed by atoms with Gasteiger partial charge in [-0.15, -0.1) is 0 Å². The Balaban J connectivity index is 3.28. The van der Waals surface area contributed by atoms with Crippen LogP contribution >= 0.6 is 0 Å². The van der Waals surface area contributed by atoms with Crippen LogP contribution in [0.2, 0.25) is 0 Å². The van der Waals surface area contributed by atoms with E-state index in [1.165, 1.54) is 6.07 Å². The lowest BCUT2D eigenvalue weighted by atomic mass is 9.94. The van der Waals surface area contributed by atoms with Crippen molar-refractivity contribution in [2.75, 3.05) is 6.54 Å². The van der Waals surface area contributed by atoms with Gasteiger partial charge in [0.2, 0.25) is 0 Å². The third-order valence-electron chi connectivity index (χ3n) is 2.40. The average Bonchev–Trinajstić information content (AvgIpc) is 2.17. The van der Waals surface area contributed by atoms with Gasteiger partial charge in [0.25, 0.3) is 5.69 Å². The zero-order chi connectivity index (χ0) is 11.4. The highest BCUT2D eigenvalue weighted by molar-refractivity contribution is 5.47. The summed E-state index contributed by atoms with van der Waals surface area (Å²) in [6.45, 7) is 4.49. The minimum absolute atomic E-state index is 0.187. The highest BCUT2D eigenvalue weighted by atomic mass is 16.6. The minimum Gasteiger partial charge on any atom is -0.330 e. The highest BCUT2D eigenvalue weighted by Crippen LogP contribution is 2.27. The van der Waals surface area contributed by atoms with E-state index in [0.29, 0.717) is 13.0 Å². The SMILES string of the molecule is CC(C)c1cccc([N+](=O)[O-])c1CCN. The largest absolute Gasteiger partial charge is 0.330 e. The van der Waals surface area contributed by atoms with Gasteiger partial charge in [-0.2, -0.15) is 0 Å². The van der Waals surface area contributed by atoms with Crippen LogP contribution in [0.3, 0.4) is 0 Å². The highest BCUT2D eigenvalue weighted by Gasteiger charge is 2.17. The maximum atomic E-state index is 10.8. The van der Waals surface area contributed by atoms with Crippen LogP contribution in [-0.2, 0) is 6.42 Å². The van der Waals surface area contributed by atoms with Crippen LogP contribution in [0.4, 0.5) is 5.69 Å². The van der Waals surface area contributed by atoms with Gasteiger partial charge in [-0.25, -0.2) is 0 Å². The summed E-state index contributed by atoms with van der Waals surface area (Å²) < 4.78 is 0. The first kappa shape index (κ1) is 11.7. The van der Waals surface area contributed by atoms with Crippen molar-refractivity contribution in [2.45, 2.75) is 26.2 Å². The minimum atomic E-state index is -0.336. The molecule has 0 aliphatic carbocycles. The van der Waals surface area contributed by atoms with Crippen molar-refractivity contribution >= 4 is 5.69 Å². The molecule has 1 aromatic carbocycles. The number of benzene rings is 1. The summed E-state index contributed by atoms with van der Waals surface area (Å²) >= 11 is 0. The Labute approximate surface area is 89.2 Å². The van der Waals surface area contributed by atoms with Crippen LogP contribution in [0, 0.1) is 10.1 Å². The fourth-order valence-electron chi connectivity index (χ4n) is 1.72. The fraction of sp³-hybridized carbons (Fsp3) is 0.455. The van der Waals surface area contributed by atoms with Gasteiger partial charge in [-0.05, 0) is 24.4 Å². The fourth-order valence-corrected chi connectivity index (χ4v) is 1.72. The molecule has 4 heteroatoms. The maximum Gasteiger partial charge on any atom is 0.272 e. The molecule has 0 unspecified atom stereocenters. The lowest BCUT2D eigenvalue weighted by Crippen LogP contribution is -2.08. The van der Waals surface area contributed by atoms with E-state index in [1.54, 1.807) is 6.07 Å². The van der Waals surface area contributed by atoms with E-state index in [-0.39, 0.29) is 16.5 Å². The smallest absolute Gasteiger partial charge is 0.272 e. The molecule has 0 amide bonds. The van der Waals surface area contributed by atoms with E-state index in [4.69, 9.17) is 5.73 Å². The maximum absolute atomic E-state index is 10.8. The molecule has 0 aliphatic heterocycles. The predicted octanol–water partition coefficient (Wildman–Crippen LogP) is 2.22. The van der Waals surface area contributed by atoms with Crippen LogP contribution in [0.25, 0.3) is 0 Å². The lowest BCUT2D eigenvalue weighted by molar-refractivity contribution is -0.385. The van der Waals surface area contributed by atoms with E-state index < -0.39 is 0 Å². The molecule has 1 rings (SSSR count). The predicted molar refractivity (Wildman–Crippen MR) is 59.9 cm³/mol. The second kappa shape index (κ2) is 4.89. The number of nitro groups is 1. The topological polar surface area (TPSA) is 69.2 Å². The Morgan fingerprint density at radius 2 is 2.13 bits per heavy atom. The van der Waals surface area contributed by atoms with Gasteiger partial charge in [0.05, 0.1) is 4.92 Å². The zero-order valence-electron chi connectivity index (χ0n) is 9.06. The van der Waals surface area contributed by atoms with Crippen LogP contribution in [0.1, 0.15) is 30.9 Å². The number of nitro benzene ring substituents is 1. The standard InChI is InChI=1S/C11H16N2O2/c1-8(2)9-4-3-5-11(13(14)15)10(9)6-7-12/h3-5,8H,6-7,12H2,1-2H3. The normalized spacial score (nSPS) is 10.7. The third kappa shape index (κ3) is 2.53. The molecule has 82 valence electrons. The number of nitrogens with two attached hydrogens (primary N) is 1. The van der Waals surface area contributed by atoms with Crippen LogP contribution in [0.5, 0.6) is 0 Å². The van der Waals surface area contributed by atoms with Gasteiger partial charge >= 0.3 is 0 Å². The number of hydrogen-bond donors (Lipinski definition) is 1. The van der Waals surface area contributed by atoms with Crippen LogP contribution in [0.15, 0.2) is 18.2 Å². The first-order chi connectivity index (χ1) is 7.07. The van der Waals surface area contributed by atoms with E-state index in [0.717, 1.165) is 11.1 Å². The summed E-state index contributed by atoms with van der Waals surface area (Å²) in [4.78, 5) is 10.5.